The molecule has 0 saturated carbocycles. The van der Waals surface area contributed by atoms with Gasteiger partial charge in [-0.3, -0.25) is 4.79 Å². The Bertz CT molecular complexity index is 658. The zero-order chi connectivity index (χ0) is 18.1. The van der Waals surface area contributed by atoms with Crippen LogP contribution in [0.15, 0.2) is 23.7 Å². The van der Waals surface area contributed by atoms with Crippen molar-refractivity contribution in [3.05, 3.63) is 35.1 Å². The van der Waals surface area contributed by atoms with E-state index in [-0.39, 0.29) is 18.1 Å². The van der Waals surface area contributed by atoms with E-state index in [1.807, 2.05) is 27.7 Å². The molecule has 24 heavy (non-hydrogen) atoms. The Kier molecular flexibility index (Phi) is 5.06. The zero-order valence-corrected chi connectivity index (χ0v) is 14.8. The van der Waals surface area contributed by atoms with E-state index in [0.29, 0.717) is 11.0 Å². The van der Waals surface area contributed by atoms with E-state index in [9.17, 15) is 9.18 Å². The molecule has 0 aliphatic carbocycles. The summed E-state index contributed by atoms with van der Waals surface area (Å²) in [6, 6.07) is 4.55. The number of hydrogen-bond donors (Lipinski definition) is 2. The fraction of sp³-hybridized carbons (Fsp3) is 0.471. The highest BCUT2D eigenvalue weighted by atomic mass is 19.1. The number of nitrogen functional groups attached to an aromatic ring is 1. The van der Waals surface area contributed by atoms with Gasteiger partial charge < -0.3 is 20.4 Å². The van der Waals surface area contributed by atoms with Crippen molar-refractivity contribution < 1.29 is 18.5 Å². The van der Waals surface area contributed by atoms with Crippen LogP contribution in [0.1, 0.15) is 40.2 Å². The summed E-state index contributed by atoms with van der Waals surface area (Å²) in [4.78, 5) is 11.3. The zero-order valence-electron chi connectivity index (χ0n) is 14.8. The second-order valence-electron chi connectivity index (χ2n) is 7.00. The third-order valence-corrected chi connectivity index (χ3v) is 4.47. The standard InChI is InChI=1S/C17H24BFN2O3/c1-11(22)21-10-13(8-12-6-7-15(20)14(19)9-12)18-23-16(2,3)17(4,5)24-18/h6-9H,10,20H2,1-5H3,(H,21,22). The molecule has 0 spiro atoms. The van der Waals surface area contributed by atoms with Crippen LogP contribution in [0.4, 0.5) is 10.1 Å². The van der Waals surface area contributed by atoms with Gasteiger partial charge in [0, 0.05) is 13.5 Å². The number of anilines is 1. The quantitative estimate of drug-likeness (QED) is 0.656. The third-order valence-electron chi connectivity index (χ3n) is 4.47. The van der Waals surface area contributed by atoms with Crippen molar-refractivity contribution in [2.45, 2.75) is 45.8 Å². The first kappa shape index (κ1) is 18.5. The Labute approximate surface area is 142 Å². The number of nitrogens with two attached hydrogens (primary N) is 1. The molecule has 1 aliphatic rings. The number of halogens is 1. The molecule has 0 aromatic heterocycles. The van der Waals surface area contributed by atoms with Gasteiger partial charge in [-0.1, -0.05) is 12.1 Å². The Balaban J connectivity index is 2.33. The van der Waals surface area contributed by atoms with Crippen molar-refractivity contribution in [2.75, 3.05) is 12.3 Å². The van der Waals surface area contributed by atoms with E-state index in [1.54, 1.807) is 12.1 Å². The maximum Gasteiger partial charge on any atom is 0.492 e. The van der Waals surface area contributed by atoms with Crippen LogP contribution in [0.5, 0.6) is 0 Å². The predicted molar refractivity (Wildman–Crippen MR) is 93.6 cm³/mol. The van der Waals surface area contributed by atoms with Crippen molar-refractivity contribution in [1.82, 2.24) is 5.32 Å². The van der Waals surface area contributed by atoms with Gasteiger partial charge in [-0.15, -0.1) is 0 Å². The average molecular weight is 334 g/mol. The molecule has 0 unspecified atom stereocenters. The monoisotopic (exact) mass is 334 g/mol. The van der Waals surface area contributed by atoms with E-state index < -0.39 is 24.1 Å². The molecule has 1 aliphatic heterocycles. The number of rotatable bonds is 4. The van der Waals surface area contributed by atoms with Gasteiger partial charge in [-0.05, 0) is 50.9 Å². The molecule has 1 aromatic rings. The Morgan fingerprint density at radius 3 is 2.38 bits per heavy atom. The lowest BCUT2D eigenvalue weighted by Crippen LogP contribution is -2.41. The Morgan fingerprint density at radius 1 is 1.29 bits per heavy atom. The molecule has 0 radical (unpaired) electrons. The summed E-state index contributed by atoms with van der Waals surface area (Å²) < 4.78 is 25.7. The molecule has 7 heteroatoms. The lowest BCUT2D eigenvalue weighted by atomic mass is 9.77. The van der Waals surface area contributed by atoms with Crippen LogP contribution < -0.4 is 11.1 Å². The molecular weight excluding hydrogens is 310 g/mol. The minimum Gasteiger partial charge on any atom is -0.400 e. The molecule has 0 bridgehead atoms. The number of carbonyl (C=O) groups is 1. The molecule has 130 valence electrons. The average Bonchev–Trinajstić information content (AvgIpc) is 2.67. The van der Waals surface area contributed by atoms with E-state index >= 15 is 0 Å². The lowest BCUT2D eigenvalue weighted by molar-refractivity contribution is -0.118. The van der Waals surface area contributed by atoms with Crippen LogP contribution in [0.2, 0.25) is 0 Å². The molecule has 3 N–H and O–H groups in total. The highest BCUT2D eigenvalue weighted by Crippen LogP contribution is 2.38. The van der Waals surface area contributed by atoms with E-state index in [1.165, 1.54) is 19.1 Å². The van der Waals surface area contributed by atoms with Crippen molar-refractivity contribution in [3.63, 3.8) is 0 Å². The van der Waals surface area contributed by atoms with Crippen molar-refractivity contribution >= 4 is 24.8 Å². The molecular formula is C17H24BFN2O3. The summed E-state index contributed by atoms with van der Waals surface area (Å²) in [5, 5.41) is 2.74. The third kappa shape index (κ3) is 3.97. The predicted octanol–water partition coefficient (Wildman–Crippen LogP) is 2.56. The van der Waals surface area contributed by atoms with Gasteiger partial charge in [0.2, 0.25) is 5.91 Å². The number of carbonyl (C=O) groups excluding carboxylic acids is 1. The second kappa shape index (κ2) is 6.57. The maximum absolute atomic E-state index is 13.7. The summed E-state index contributed by atoms with van der Waals surface area (Å²) in [5.41, 5.74) is 5.92. The molecule has 1 saturated heterocycles. The van der Waals surface area contributed by atoms with Gasteiger partial charge in [0.25, 0.3) is 0 Å². The molecule has 2 rings (SSSR count). The van der Waals surface area contributed by atoms with E-state index in [2.05, 4.69) is 5.32 Å². The molecule has 5 nitrogen and oxygen atoms in total. The van der Waals surface area contributed by atoms with Gasteiger partial charge in [-0.25, -0.2) is 4.39 Å². The van der Waals surface area contributed by atoms with Crippen molar-refractivity contribution in [2.24, 2.45) is 0 Å². The van der Waals surface area contributed by atoms with Crippen LogP contribution in [-0.2, 0) is 14.1 Å². The SMILES string of the molecule is CC(=O)NCC(=Cc1ccc(N)c(F)c1)B1OC(C)(C)C(C)(C)O1. The van der Waals surface area contributed by atoms with Crippen LogP contribution in [0, 0.1) is 5.82 Å². The lowest BCUT2D eigenvalue weighted by Gasteiger charge is -2.32. The highest BCUT2D eigenvalue weighted by molar-refractivity contribution is 6.56. The van der Waals surface area contributed by atoms with Crippen LogP contribution in [-0.4, -0.2) is 30.8 Å². The summed E-state index contributed by atoms with van der Waals surface area (Å²) in [5.74, 6) is -0.655. The first-order chi connectivity index (χ1) is 11.0. The maximum atomic E-state index is 13.7. The largest absolute Gasteiger partial charge is 0.492 e. The first-order valence-corrected chi connectivity index (χ1v) is 7.87. The summed E-state index contributed by atoms with van der Waals surface area (Å²) in [6.45, 7) is 9.48. The number of hydrogen-bond acceptors (Lipinski definition) is 4. The Morgan fingerprint density at radius 2 is 1.88 bits per heavy atom. The molecule has 0 atom stereocenters. The molecule has 1 heterocycles. The van der Waals surface area contributed by atoms with Crippen LogP contribution in [0.25, 0.3) is 6.08 Å². The summed E-state index contributed by atoms with van der Waals surface area (Å²) >= 11 is 0. The smallest absolute Gasteiger partial charge is 0.400 e. The normalized spacial score (nSPS) is 19.4. The second-order valence-corrected chi connectivity index (χ2v) is 7.00. The number of nitrogens with one attached hydrogen (secondary N) is 1. The topological polar surface area (TPSA) is 73.6 Å². The Hall–Kier alpha value is -1.86. The number of amides is 1. The first-order valence-electron chi connectivity index (χ1n) is 7.87. The number of benzene rings is 1. The van der Waals surface area contributed by atoms with Crippen LogP contribution >= 0.6 is 0 Å². The fourth-order valence-corrected chi connectivity index (χ4v) is 2.27. The van der Waals surface area contributed by atoms with Gasteiger partial charge >= 0.3 is 7.12 Å². The van der Waals surface area contributed by atoms with Gasteiger partial charge in [0.15, 0.2) is 0 Å². The molecule has 1 fully saturated rings. The highest BCUT2D eigenvalue weighted by Gasteiger charge is 2.52. The van der Waals surface area contributed by atoms with E-state index in [0.717, 1.165) is 0 Å². The van der Waals surface area contributed by atoms with E-state index in [4.69, 9.17) is 15.0 Å². The van der Waals surface area contributed by atoms with Crippen LogP contribution in [0.3, 0.4) is 0 Å². The van der Waals surface area contributed by atoms with Gasteiger partial charge in [0.1, 0.15) is 5.82 Å². The van der Waals surface area contributed by atoms with Gasteiger partial charge in [-0.2, -0.15) is 0 Å². The molecule has 1 amide bonds. The molecule has 1 aromatic carbocycles. The minimum absolute atomic E-state index is 0.0891. The minimum atomic E-state index is -0.623. The van der Waals surface area contributed by atoms with Crippen molar-refractivity contribution in [1.29, 1.82) is 0 Å². The fourth-order valence-electron chi connectivity index (χ4n) is 2.27. The summed E-state index contributed by atoms with van der Waals surface area (Å²) in [6.07, 6.45) is 1.75. The van der Waals surface area contributed by atoms with Crippen molar-refractivity contribution in [3.8, 4) is 0 Å². The summed E-state index contributed by atoms with van der Waals surface area (Å²) in [7, 11) is -0.623. The van der Waals surface area contributed by atoms with Gasteiger partial charge in [0.05, 0.1) is 16.9 Å².